The van der Waals surface area contributed by atoms with Crippen molar-refractivity contribution in [2.75, 3.05) is 0 Å². The summed E-state index contributed by atoms with van der Waals surface area (Å²) in [4.78, 5) is 4.28. The molecule has 1 atom stereocenters. The zero-order chi connectivity index (χ0) is 12.3. The van der Waals surface area contributed by atoms with Crippen LogP contribution < -0.4 is 0 Å². The largest absolute Gasteiger partial charge is 0.393 e. The molecule has 1 aromatic heterocycles. The first-order chi connectivity index (χ1) is 8.15. The van der Waals surface area contributed by atoms with Gasteiger partial charge >= 0.3 is 0 Å². The highest BCUT2D eigenvalue weighted by atomic mass is 79.9. The van der Waals surface area contributed by atoms with Crippen molar-refractivity contribution in [3.63, 3.8) is 0 Å². The Morgan fingerprint density at radius 3 is 2.71 bits per heavy atom. The van der Waals surface area contributed by atoms with Crippen LogP contribution in [0.1, 0.15) is 19.2 Å². The molecule has 4 nitrogen and oxygen atoms in total. The van der Waals surface area contributed by atoms with E-state index in [1.54, 1.807) is 6.92 Å². The van der Waals surface area contributed by atoms with E-state index in [9.17, 15) is 5.11 Å². The molecule has 2 aromatic rings. The number of hydrogen-bond donors (Lipinski definition) is 1. The Morgan fingerprint density at radius 1 is 1.35 bits per heavy atom. The Balaban J connectivity index is 2.10. The van der Waals surface area contributed by atoms with Crippen LogP contribution in [0.15, 0.2) is 33.3 Å². The summed E-state index contributed by atoms with van der Waals surface area (Å²) in [6.07, 6.45) is 0.876. The Bertz CT molecular complexity index is 480. The fourth-order valence-corrected chi connectivity index (χ4v) is 1.67. The topological polar surface area (TPSA) is 59.2 Å². The number of hydrogen-bond acceptors (Lipinski definition) is 4. The summed E-state index contributed by atoms with van der Waals surface area (Å²) in [6.45, 7) is 1.74. The molecular formula is C12H13BrN2O2. The van der Waals surface area contributed by atoms with Crippen molar-refractivity contribution in [1.82, 2.24) is 10.1 Å². The van der Waals surface area contributed by atoms with E-state index in [0.29, 0.717) is 24.6 Å². The second kappa shape index (κ2) is 5.42. The number of aryl methyl sites for hydroxylation is 1. The van der Waals surface area contributed by atoms with Gasteiger partial charge in [-0.15, -0.1) is 0 Å². The molecule has 0 saturated carbocycles. The SMILES string of the molecule is CC(O)CCc1nc(-c2ccc(Br)cc2)no1. The third-order valence-corrected chi connectivity index (χ3v) is 2.88. The highest BCUT2D eigenvalue weighted by molar-refractivity contribution is 9.10. The minimum absolute atomic E-state index is 0.349. The average molecular weight is 297 g/mol. The molecule has 0 bridgehead atoms. The maximum Gasteiger partial charge on any atom is 0.227 e. The van der Waals surface area contributed by atoms with Gasteiger partial charge in [0.25, 0.3) is 0 Å². The normalized spacial score (nSPS) is 12.6. The smallest absolute Gasteiger partial charge is 0.227 e. The molecule has 1 unspecified atom stereocenters. The second-order valence-corrected chi connectivity index (χ2v) is 4.82. The zero-order valence-corrected chi connectivity index (χ0v) is 11.0. The van der Waals surface area contributed by atoms with E-state index < -0.39 is 0 Å². The summed E-state index contributed by atoms with van der Waals surface area (Å²) in [5.74, 6) is 1.14. The van der Waals surface area contributed by atoms with Gasteiger partial charge in [-0.25, -0.2) is 0 Å². The Hall–Kier alpha value is -1.20. The summed E-state index contributed by atoms with van der Waals surface area (Å²) in [5.41, 5.74) is 0.917. The van der Waals surface area contributed by atoms with Crippen molar-refractivity contribution in [2.24, 2.45) is 0 Å². The van der Waals surface area contributed by atoms with E-state index in [-0.39, 0.29) is 6.10 Å². The summed E-state index contributed by atoms with van der Waals surface area (Å²) in [5, 5.41) is 13.1. The fraction of sp³-hybridized carbons (Fsp3) is 0.333. The van der Waals surface area contributed by atoms with Crippen molar-refractivity contribution in [3.05, 3.63) is 34.6 Å². The van der Waals surface area contributed by atoms with Gasteiger partial charge in [-0.1, -0.05) is 21.1 Å². The average Bonchev–Trinajstić information content (AvgIpc) is 2.76. The number of rotatable bonds is 4. The standard InChI is InChI=1S/C12H13BrN2O2/c1-8(16)2-7-11-14-12(15-17-11)9-3-5-10(13)6-4-9/h3-6,8,16H,2,7H2,1H3. The lowest BCUT2D eigenvalue weighted by Gasteiger charge is -1.98. The van der Waals surface area contributed by atoms with Crippen LogP contribution in [-0.4, -0.2) is 21.4 Å². The Labute approximate surface area is 108 Å². The number of benzene rings is 1. The number of nitrogens with zero attached hydrogens (tertiary/aromatic N) is 2. The monoisotopic (exact) mass is 296 g/mol. The van der Waals surface area contributed by atoms with Gasteiger partial charge in [-0.05, 0) is 37.6 Å². The van der Waals surface area contributed by atoms with Gasteiger partial charge in [0.1, 0.15) is 0 Å². The quantitative estimate of drug-likeness (QED) is 0.942. The van der Waals surface area contributed by atoms with Crippen LogP contribution in [0.3, 0.4) is 0 Å². The summed E-state index contributed by atoms with van der Waals surface area (Å²) in [6, 6.07) is 7.71. The van der Waals surface area contributed by atoms with E-state index in [4.69, 9.17) is 4.52 Å². The van der Waals surface area contributed by atoms with Gasteiger partial charge in [0.15, 0.2) is 0 Å². The molecule has 0 amide bonds. The van der Waals surface area contributed by atoms with Gasteiger partial charge in [0.2, 0.25) is 11.7 Å². The summed E-state index contributed by atoms with van der Waals surface area (Å²) in [7, 11) is 0. The highest BCUT2D eigenvalue weighted by Crippen LogP contribution is 2.19. The molecule has 1 aromatic carbocycles. The first-order valence-corrected chi connectivity index (χ1v) is 6.21. The fourth-order valence-electron chi connectivity index (χ4n) is 1.40. The van der Waals surface area contributed by atoms with Gasteiger partial charge in [-0.2, -0.15) is 4.98 Å². The highest BCUT2D eigenvalue weighted by Gasteiger charge is 2.09. The Kier molecular flexibility index (Phi) is 3.91. The molecule has 2 rings (SSSR count). The predicted octanol–water partition coefficient (Wildman–Crippen LogP) is 2.81. The maximum atomic E-state index is 9.17. The molecular weight excluding hydrogens is 284 g/mol. The Morgan fingerprint density at radius 2 is 2.06 bits per heavy atom. The van der Waals surface area contributed by atoms with Crippen molar-refractivity contribution >= 4 is 15.9 Å². The molecule has 0 aliphatic carbocycles. The van der Waals surface area contributed by atoms with Gasteiger partial charge in [-0.3, -0.25) is 0 Å². The minimum atomic E-state index is -0.349. The minimum Gasteiger partial charge on any atom is -0.393 e. The predicted molar refractivity (Wildman–Crippen MR) is 67.4 cm³/mol. The molecule has 0 saturated heterocycles. The van der Waals surface area contributed by atoms with Gasteiger partial charge < -0.3 is 9.63 Å². The molecule has 5 heteroatoms. The molecule has 1 N–H and O–H groups in total. The lowest BCUT2D eigenvalue weighted by molar-refractivity contribution is 0.180. The molecule has 0 aliphatic heterocycles. The number of aliphatic hydroxyl groups excluding tert-OH is 1. The molecule has 0 spiro atoms. The van der Waals surface area contributed by atoms with Gasteiger partial charge in [0.05, 0.1) is 6.10 Å². The number of aliphatic hydroxyl groups is 1. The van der Waals surface area contributed by atoms with E-state index in [1.165, 1.54) is 0 Å². The maximum absolute atomic E-state index is 9.17. The van der Waals surface area contributed by atoms with Crippen LogP contribution in [0.5, 0.6) is 0 Å². The first-order valence-electron chi connectivity index (χ1n) is 5.42. The van der Waals surface area contributed by atoms with E-state index in [0.717, 1.165) is 10.0 Å². The molecule has 17 heavy (non-hydrogen) atoms. The van der Waals surface area contributed by atoms with E-state index in [2.05, 4.69) is 26.1 Å². The van der Waals surface area contributed by atoms with Crippen LogP contribution in [0, 0.1) is 0 Å². The van der Waals surface area contributed by atoms with Crippen LogP contribution >= 0.6 is 15.9 Å². The molecule has 0 aliphatic rings. The third-order valence-electron chi connectivity index (χ3n) is 2.35. The molecule has 0 radical (unpaired) electrons. The van der Waals surface area contributed by atoms with Gasteiger partial charge in [0, 0.05) is 16.5 Å². The zero-order valence-electron chi connectivity index (χ0n) is 9.43. The summed E-state index contributed by atoms with van der Waals surface area (Å²) < 4.78 is 6.13. The second-order valence-electron chi connectivity index (χ2n) is 3.91. The van der Waals surface area contributed by atoms with Crippen LogP contribution in [0.25, 0.3) is 11.4 Å². The molecule has 0 fully saturated rings. The van der Waals surface area contributed by atoms with Crippen molar-refractivity contribution in [3.8, 4) is 11.4 Å². The van der Waals surface area contributed by atoms with Crippen LogP contribution in [0.4, 0.5) is 0 Å². The molecule has 1 heterocycles. The molecule has 90 valence electrons. The van der Waals surface area contributed by atoms with E-state index >= 15 is 0 Å². The number of aromatic nitrogens is 2. The first kappa shape index (κ1) is 12.3. The summed E-state index contributed by atoms with van der Waals surface area (Å²) >= 11 is 3.37. The van der Waals surface area contributed by atoms with Crippen LogP contribution in [-0.2, 0) is 6.42 Å². The number of halogens is 1. The lowest BCUT2D eigenvalue weighted by atomic mass is 10.2. The van der Waals surface area contributed by atoms with Crippen LogP contribution in [0.2, 0.25) is 0 Å². The van der Waals surface area contributed by atoms with Crippen molar-refractivity contribution in [1.29, 1.82) is 0 Å². The third kappa shape index (κ3) is 3.38. The van der Waals surface area contributed by atoms with E-state index in [1.807, 2.05) is 24.3 Å². The lowest BCUT2D eigenvalue weighted by Crippen LogP contribution is -2.01. The van der Waals surface area contributed by atoms with Crippen molar-refractivity contribution < 1.29 is 9.63 Å². The van der Waals surface area contributed by atoms with Crippen molar-refractivity contribution in [2.45, 2.75) is 25.9 Å².